The lowest BCUT2D eigenvalue weighted by Crippen LogP contribution is -2.11. The van der Waals surface area contributed by atoms with Gasteiger partial charge in [0.2, 0.25) is 5.91 Å². The van der Waals surface area contributed by atoms with Gasteiger partial charge >= 0.3 is 0 Å². The molecule has 0 unspecified atom stereocenters. The van der Waals surface area contributed by atoms with Gasteiger partial charge in [-0.15, -0.1) is 0 Å². The number of rotatable bonds is 5. The van der Waals surface area contributed by atoms with Crippen molar-refractivity contribution < 1.29 is 4.79 Å². The molecule has 104 valence electrons. The number of nitrogens with one attached hydrogen (secondary N) is 1. The topological polar surface area (TPSA) is 55.1 Å². The molecule has 0 saturated heterocycles. The van der Waals surface area contributed by atoms with Crippen LogP contribution in [0.25, 0.3) is 0 Å². The standard InChI is InChI=1S/C17H20N2O/c1-12(2)14-8-6-13(7-9-14)11-19-16-5-3-4-15(10-16)17(18)20/h3-10,12,19H,11H2,1-2H3,(H2,18,20). The van der Waals surface area contributed by atoms with E-state index >= 15 is 0 Å². The van der Waals surface area contributed by atoms with Gasteiger partial charge in [0.15, 0.2) is 0 Å². The fraction of sp³-hybridized carbons (Fsp3) is 0.235. The number of nitrogens with two attached hydrogens (primary N) is 1. The molecule has 3 N–H and O–H groups in total. The van der Waals surface area contributed by atoms with Crippen LogP contribution in [-0.4, -0.2) is 5.91 Å². The van der Waals surface area contributed by atoms with Crippen molar-refractivity contribution in [1.29, 1.82) is 0 Å². The van der Waals surface area contributed by atoms with E-state index in [0.29, 0.717) is 11.5 Å². The highest BCUT2D eigenvalue weighted by molar-refractivity contribution is 5.93. The predicted molar refractivity (Wildman–Crippen MR) is 82.8 cm³/mol. The number of anilines is 1. The fourth-order valence-electron chi connectivity index (χ4n) is 2.01. The first kappa shape index (κ1) is 14.1. The molecule has 2 aromatic carbocycles. The van der Waals surface area contributed by atoms with E-state index in [9.17, 15) is 4.79 Å². The molecule has 3 nitrogen and oxygen atoms in total. The molecule has 0 aliphatic carbocycles. The van der Waals surface area contributed by atoms with Gasteiger partial charge in [-0.05, 0) is 35.2 Å². The highest BCUT2D eigenvalue weighted by Crippen LogP contribution is 2.16. The summed E-state index contributed by atoms with van der Waals surface area (Å²) in [6.07, 6.45) is 0. The Balaban J connectivity index is 2.01. The molecule has 0 aliphatic rings. The minimum Gasteiger partial charge on any atom is -0.381 e. The first-order valence-electron chi connectivity index (χ1n) is 6.79. The Labute approximate surface area is 119 Å². The molecule has 1 amide bonds. The molecule has 3 heteroatoms. The molecule has 0 radical (unpaired) electrons. The van der Waals surface area contributed by atoms with E-state index in [-0.39, 0.29) is 0 Å². The molecule has 0 saturated carbocycles. The molecule has 0 fully saturated rings. The van der Waals surface area contributed by atoms with Crippen molar-refractivity contribution in [3.8, 4) is 0 Å². The molecule has 0 aliphatic heterocycles. The van der Waals surface area contributed by atoms with E-state index < -0.39 is 5.91 Å². The lowest BCUT2D eigenvalue weighted by Gasteiger charge is -2.09. The Hall–Kier alpha value is -2.29. The monoisotopic (exact) mass is 268 g/mol. The summed E-state index contributed by atoms with van der Waals surface area (Å²) in [6, 6.07) is 15.8. The van der Waals surface area contributed by atoms with Crippen molar-refractivity contribution in [1.82, 2.24) is 0 Å². The van der Waals surface area contributed by atoms with Crippen LogP contribution in [0.5, 0.6) is 0 Å². The van der Waals surface area contributed by atoms with Gasteiger partial charge in [0.25, 0.3) is 0 Å². The third-order valence-electron chi connectivity index (χ3n) is 3.29. The van der Waals surface area contributed by atoms with Crippen molar-refractivity contribution in [2.24, 2.45) is 5.73 Å². The largest absolute Gasteiger partial charge is 0.381 e. The van der Waals surface area contributed by atoms with Gasteiger partial charge in [-0.1, -0.05) is 44.2 Å². The Morgan fingerprint density at radius 3 is 2.45 bits per heavy atom. The second-order valence-electron chi connectivity index (χ2n) is 5.19. The lowest BCUT2D eigenvalue weighted by atomic mass is 10.0. The average Bonchev–Trinajstić information content (AvgIpc) is 2.46. The Bertz CT molecular complexity index is 588. The van der Waals surface area contributed by atoms with Gasteiger partial charge < -0.3 is 11.1 Å². The van der Waals surface area contributed by atoms with Crippen molar-refractivity contribution in [3.63, 3.8) is 0 Å². The molecule has 0 heterocycles. The predicted octanol–water partition coefficient (Wildman–Crippen LogP) is 3.52. The van der Waals surface area contributed by atoms with Crippen LogP contribution in [0.3, 0.4) is 0 Å². The van der Waals surface area contributed by atoms with Crippen molar-refractivity contribution in [3.05, 3.63) is 65.2 Å². The Kier molecular flexibility index (Phi) is 4.41. The summed E-state index contributed by atoms with van der Waals surface area (Å²) in [5, 5.41) is 3.30. The number of amides is 1. The van der Waals surface area contributed by atoms with Crippen LogP contribution >= 0.6 is 0 Å². The highest BCUT2D eigenvalue weighted by Gasteiger charge is 2.02. The molecule has 0 aromatic heterocycles. The quantitative estimate of drug-likeness (QED) is 0.871. The highest BCUT2D eigenvalue weighted by atomic mass is 16.1. The summed E-state index contributed by atoms with van der Waals surface area (Å²) in [5.74, 6) is 0.138. The minimum absolute atomic E-state index is 0.407. The molecule has 2 rings (SSSR count). The van der Waals surface area contributed by atoms with E-state index in [0.717, 1.165) is 12.2 Å². The van der Waals surface area contributed by atoms with Gasteiger partial charge in [0, 0.05) is 17.8 Å². The molecule has 0 atom stereocenters. The Morgan fingerprint density at radius 1 is 1.15 bits per heavy atom. The number of hydrogen-bond acceptors (Lipinski definition) is 2. The summed E-state index contributed by atoms with van der Waals surface area (Å²) in [5.41, 5.74) is 9.23. The number of primary amides is 1. The van der Waals surface area contributed by atoms with Crippen molar-refractivity contribution in [2.75, 3.05) is 5.32 Å². The SMILES string of the molecule is CC(C)c1ccc(CNc2cccc(C(N)=O)c2)cc1. The van der Waals surface area contributed by atoms with Crippen LogP contribution < -0.4 is 11.1 Å². The zero-order chi connectivity index (χ0) is 14.5. The van der Waals surface area contributed by atoms with E-state index in [4.69, 9.17) is 5.73 Å². The maximum atomic E-state index is 11.1. The van der Waals surface area contributed by atoms with Gasteiger partial charge in [-0.25, -0.2) is 0 Å². The summed E-state index contributed by atoms with van der Waals surface area (Å²) in [6.45, 7) is 5.09. The van der Waals surface area contributed by atoms with E-state index in [1.165, 1.54) is 11.1 Å². The molecule has 0 bridgehead atoms. The second-order valence-corrected chi connectivity index (χ2v) is 5.19. The van der Waals surface area contributed by atoms with Crippen LogP contribution in [0, 0.1) is 0 Å². The third-order valence-corrected chi connectivity index (χ3v) is 3.29. The van der Waals surface area contributed by atoms with Gasteiger partial charge in [0.05, 0.1) is 0 Å². The third kappa shape index (κ3) is 3.60. The van der Waals surface area contributed by atoms with Crippen molar-refractivity contribution in [2.45, 2.75) is 26.3 Å². The van der Waals surface area contributed by atoms with Crippen LogP contribution in [-0.2, 0) is 6.54 Å². The summed E-state index contributed by atoms with van der Waals surface area (Å²) < 4.78 is 0. The fourth-order valence-corrected chi connectivity index (χ4v) is 2.01. The number of hydrogen-bond donors (Lipinski definition) is 2. The summed E-state index contributed by atoms with van der Waals surface area (Å²) in [4.78, 5) is 11.1. The molecular formula is C17H20N2O. The van der Waals surface area contributed by atoms with E-state index in [1.54, 1.807) is 12.1 Å². The summed E-state index contributed by atoms with van der Waals surface area (Å²) >= 11 is 0. The zero-order valence-corrected chi connectivity index (χ0v) is 11.9. The Morgan fingerprint density at radius 2 is 1.85 bits per heavy atom. The number of carbonyl (C=O) groups is 1. The average molecular weight is 268 g/mol. The molecule has 2 aromatic rings. The maximum Gasteiger partial charge on any atom is 0.248 e. The van der Waals surface area contributed by atoms with Gasteiger partial charge in [-0.3, -0.25) is 4.79 Å². The number of benzene rings is 2. The molecular weight excluding hydrogens is 248 g/mol. The van der Waals surface area contributed by atoms with Gasteiger partial charge in [-0.2, -0.15) is 0 Å². The first-order valence-corrected chi connectivity index (χ1v) is 6.79. The molecule has 0 spiro atoms. The maximum absolute atomic E-state index is 11.1. The van der Waals surface area contributed by atoms with Crippen LogP contribution in [0.1, 0.15) is 41.3 Å². The normalized spacial score (nSPS) is 10.6. The van der Waals surface area contributed by atoms with Gasteiger partial charge in [0.1, 0.15) is 0 Å². The zero-order valence-electron chi connectivity index (χ0n) is 11.9. The van der Waals surface area contributed by atoms with Crippen LogP contribution in [0.4, 0.5) is 5.69 Å². The first-order chi connectivity index (χ1) is 9.56. The minimum atomic E-state index is -0.407. The number of carbonyl (C=O) groups excluding carboxylic acids is 1. The lowest BCUT2D eigenvalue weighted by molar-refractivity contribution is 0.100. The van der Waals surface area contributed by atoms with Crippen LogP contribution in [0.15, 0.2) is 48.5 Å². The van der Waals surface area contributed by atoms with Crippen LogP contribution in [0.2, 0.25) is 0 Å². The van der Waals surface area contributed by atoms with E-state index in [1.807, 2.05) is 12.1 Å². The van der Waals surface area contributed by atoms with Crippen molar-refractivity contribution >= 4 is 11.6 Å². The summed E-state index contributed by atoms with van der Waals surface area (Å²) in [7, 11) is 0. The molecule has 20 heavy (non-hydrogen) atoms. The van der Waals surface area contributed by atoms with E-state index in [2.05, 4.69) is 43.4 Å². The smallest absolute Gasteiger partial charge is 0.248 e. The second kappa shape index (κ2) is 6.24.